The quantitative estimate of drug-likeness (QED) is 0.470. The molecule has 0 radical (unpaired) electrons. The van der Waals surface area contributed by atoms with Gasteiger partial charge in [-0.2, -0.15) is 0 Å². The maximum absolute atomic E-state index is 11.9. The van der Waals surface area contributed by atoms with Crippen molar-refractivity contribution in [3.63, 3.8) is 0 Å². The lowest BCUT2D eigenvalue weighted by Gasteiger charge is -2.03. The normalized spacial score (nSPS) is 10.3. The topological polar surface area (TPSA) is 56.3 Å². The molecule has 4 nitrogen and oxygen atoms in total. The highest BCUT2D eigenvalue weighted by Gasteiger charge is 2.12. The van der Waals surface area contributed by atoms with E-state index in [1.165, 1.54) is 0 Å². The van der Waals surface area contributed by atoms with Crippen LogP contribution >= 0.6 is 0 Å². The van der Waals surface area contributed by atoms with E-state index in [-0.39, 0.29) is 18.8 Å². The maximum atomic E-state index is 11.9. The number of hydrogen-bond acceptors (Lipinski definition) is 4. The Labute approximate surface area is 105 Å². The van der Waals surface area contributed by atoms with E-state index in [0.717, 1.165) is 10.8 Å². The molecule has 2 rings (SSSR count). The molecule has 0 spiro atoms. The number of esters is 1. The van der Waals surface area contributed by atoms with Gasteiger partial charge in [-0.15, -0.1) is 0 Å². The molecular weight excluding hydrogens is 230 g/mol. The van der Waals surface area contributed by atoms with E-state index in [2.05, 4.69) is 4.98 Å². The van der Waals surface area contributed by atoms with Crippen molar-refractivity contribution in [2.45, 2.75) is 13.3 Å². The van der Waals surface area contributed by atoms with Crippen molar-refractivity contribution in [1.82, 2.24) is 4.98 Å². The Hall–Kier alpha value is -2.23. The summed E-state index contributed by atoms with van der Waals surface area (Å²) in [6.07, 6.45) is 3.17. The molecule has 0 saturated heterocycles. The molecule has 0 aliphatic heterocycles. The molecular formula is C14H13NO3. The van der Waals surface area contributed by atoms with Crippen molar-refractivity contribution in [2.75, 3.05) is 6.61 Å². The number of nitrogens with zero attached hydrogens (tertiary/aromatic N) is 1. The Morgan fingerprint density at radius 3 is 2.83 bits per heavy atom. The van der Waals surface area contributed by atoms with Crippen LogP contribution in [-0.4, -0.2) is 23.3 Å². The third-order valence-electron chi connectivity index (χ3n) is 2.57. The van der Waals surface area contributed by atoms with Crippen LogP contribution in [0.25, 0.3) is 10.8 Å². The zero-order valence-corrected chi connectivity index (χ0v) is 10.1. The number of Topliss-reactive ketones (excluding diaryl/α,β-unsaturated/α-hetero) is 1. The van der Waals surface area contributed by atoms with Crippen LogP contribution in [0, 0.1) is 0 Å². The van der Waals surface area contributed by atoms with Crippen LogP contribution in [0.1, 0.15) is 23.7 Å². The molecule has 1 aromatic carbocycles. The molecule has 0 bridgehead atoms. The first-order valence-electron chi connectivity index (χ1n) is 5.73. The minimum absolute atomic E-state index is 0.223. The van der Waals surface area contributed by atoms with Gasteiger partial charge in [0.05, 0.1) is 6.61 Å². The molecule has 0 saturated carbocycles. The summed E-state index contributed by atoms with van der Waals surface area (Å²) in [6.45, 7) is 2.00. The van der Waals surface area contributed by atoms with Gasteiger partial charge in [-0.1, -0.05) is 12.1 Å². The number of ketones is 1. The van der Waals surface area contributed by atoms with E-state index in [1.54, 1.807) is 31.5 Å². The van der Waals surface area contributed by atoms with Crippen molar-refractivity contribution in [3.8, 4) is 0 Å². The second kappa shape index (κ2) is 5.40. The largest absolute Gasteiger partial charge is 0.466 e. The lowest BCUT2D eigenvalue weighted by atomic mass is 10.0. The van der Waals surface area contributed by atoms with Crippen LogP contribution in [0.4, 0.5) is 0 Å². The first-order chi connectivity index (χ1) is 8.70. The molecule has 0 atom stereocenters. The standard InChI is InChI=1S/C14H13NO3/c1-2-18-14(17)8-13(16)11-4-3-10-5-6-15-9-12(10)7-11/h3-7,9H,2,8H2,1H3. The predicted octanol–water partition coefficient (Wildman–Crippen LogP) is 2.37. The zero-order chi connectivity index (χ0) is 13.0. The number of fused-ring (bicyclic) bond motifs is 1. The SMILES string of the molecule is CCOC(=O)CC(=O)c1ccc2ccncc2c1. The van der Waals surface area contributed by atoms with Crippen molar-refractivity contribution in [1.29, 1.82) is 0 Å². The summed E-state index contributed by atoms with van der Waals surface area (Å²) < 4.78 is 4.75. The molecule has 2 aromatic rings. The summed E-state index contributed by atoms with van der Waals surface area (Å²) in [5.74, 6) is -0.729. The average Bonchev–Trinajstić information content (AvgIpc) is 2.38. The lowest BCUT2D eigenvalue weighted by Crippen LogP contribution is -2.11. The molecule has 0 aliphatic carbocycles. The Bertz CT molecular complexity index is 592. The molecule has 4 heteroatoms. The summed E-state index contributed by atoms with van der Waals surface area (Å²) in [5, 5.41) is 1.89. The first-order valence-corrected chi connectivity index (χ1v) is 5.73. The lowest BCUT2D eigenvalue weighted by molar-refractivity contribution is -0.141. The number of ether oxygens (including phenoxy) is 1. The van der Waals surface area contributed by atoms with Gasteiger partial charge in [0.2, 0.25) is 0 Å². The molecule has 18 heavy (non-hydrogen) atoms. The van der Waals surface area contributed by atoms with Gasteiger partial charge in [-0.3, -0.25) is 14.6 Å². The van der Waals surface area contributed by atoms with Crippen LogP contribution < -0.4 is 0 Å². The second-order valence-corrected chi connectivity index (χ2v) is 3.84. The fraction of sp³-hybridized carbons (Fsp3) is 0.214. The predicted molar refractivity (Wildman–Crippen MR) is 67.3 cm³/mol. The number of carbonyl (C=O) groups excluding carboxylic acids is 2. The number of hydrogen-bond donors (Lipinski definition) is 0. The van der Waals surface area contributed by atoms with E-state index >= 15 is 0 Å². The van der Waals surface area contributed by atoms with Gasteiger partial charge in [0.15, 0.2) is 5.78 Å². The summed E-state index contributed by atoms with van der Waals surface area (Å²) in [7, 11) is 0. The summed E-state index contributed by atoms with van der Waals surface area (Å²) >= 11 is 0. The van der Waals surface area contributed by atoms with Gasteiger partial charge in [0.25, 0.3) is 0 Å². The Morgan fingerprint density at radius 2 is 2.06 bits per heavy atom. The molecule has 0 amide bonds. The van der Waals surface area contributed by atoms with Crippen LogP contribution in [-0.2, 0) is 9.53 Å². The van der Waals surface area contributed by atoms with E-state index in [0.29, 0.717) is 5.56 Å². The minimum atomic E-state index is -0.492. The van der Waals surface area contributed by atoms with E-state index in [9.17, 15) is 9.59 Å². The minimum Gasteiger partial charge on any atom is -0.466 e. The number of aromatic nitrogens is 1. The van der Waals surface area contributed by atoms with Crippen molar-refractivity contribution >= 4 is 22.5 Å². The highest BCUT2D eigenvalue weighted by molar-refractivity contribution is 6.07. The maximum Gasteiger partial charge on any atom is 0.313 e. The van der Waals surface area contributed by atoms with Gasteiger partial charge < -0.3 is 4.74 Å². The molecule has 1 aromatic heterocycles. The van der Waals surface area contributed by atoms with E-state index in [4.69, 9.17) is 4.74 Å². The number of pyridine rings is 1. The third kappa shape index (κ3) is 2.71. The van der Waals surface area contributed by atoms with Crippen molar-refractivity contribution in [3.05, 3.63) is 42.2 Å². The number of carbonyl (C=O) groups is 2. The first kappa shape index (κ1) is 12.2. The highest BCUT2D eigenvalue weighted by Crippen LogP contribution is 2.15. The molecule has 0 unspecified atom stereocenters. The van der Waals surface area contributed by atoms with Gasteiger partial charge in [0.1, 0.15) is 6.42 Å². The zero-order valence-electron chi connectivity index (χ0n) is 10.1. The Morgan fingerprint density at radius 1 is 1.22 bits per heavy atom. The summed E-state index contributed by atoms with van der Waals surface area (Å²) in [4.78, 5) is 27.1. The Kier molecular flexibility index (Phi) is 3.67. The third-order valence-corrected chi connectivity index (χ3v) is 2.57. The molecule has 0 aliphatic rings. The van der Waals surface area contributed by atoms with E-state index in [1.807, 2.05) is 12.1 Å². The summed E-state index contributed by atoms with van der Waals surface area (Å²) in [6, 6.07) is 7.16. The second-order valence-electron chi connectivity index (χ2n) is 3.84. The van der Waals surface area contributed by atoms with Crippen molar-refractivity contribution in [2.24, 2.45) is 0 Å². The van der Waals surface area contributed by atoms with Crippen LogP contribution in [0.3, 0.4) is 0 Å². The van der Waals surface area contributed by atoms with E-state index < -0.39 is 5.97 Å². The molecule has 0 fully saturated rings. The average molecular weight is 243 g/mol. The Balaban J connectivity index is 2.20. The molecule has 1 heterocycles. The van der Waals surface area contributed by atoms with Crippen LogP contribution in [0.5, 0.6) is 0 Å². The van der Waals surface area contributed by atoms with Gasteiger partial charge in [-0.05, 0) is 24.4 Å². The summed E-state index contributed by atoms with van der Waals surface area (Å²) in [5.41, 5.74) is 0.503. The smallest absolute Gasteiger partial charge is 0.313 e. The van der Waals surface area contributed by atoms with Gasteiger partial charge >= 0.3 is 5.97 Å². The van der Waals surface area contributed by atoms with Gasteiger partial charge in [-0.25, -0.2) is 0 Å². The monoisotopic (exact) mass is 243 g/mol. The van der Waals surface area contributed by atoms with Crippen LogP contribution in [0.15, 0.2) is 36.7 Å². The van der Waals surface area contributed by atoms with Crippen molar-refractivity contribution < 1.29 is 14.3 Å². The number of benzene rings is 1. The fourth-order valence-electron chi connectivity index (χ4n) is 1.70. The van der Waals surface area contributed by atoms with Gasteiger partial charge in [0, 0.05) is 23.3 Å². The number of rotatable bonds is 4. The van der Waals surface area contributed by atoms with Crippen LogP contribution in [0.2, 0.25) is 0 Å². The fourth-order valence-corrected chi connectivity index (χ4v) is 1.70. The molecule has 0 N–H and O–H groups in total. The highest BCUT2D eigenvalue weighted by atomic mass is 16.5. The molecule has 92 valence electrons.